The molecule has 2 heterocycles. The van der Waals surface area contributed by atoms with Crippen LogP contribution in [-0.4, -0.2) is 9.13 Å². The molecule has 2 aromatic heterocycles. The second-order valence-corrected chi connectivity index (χ2v) is 10.0. The zero-order chi connectivity index (χ0) is 43.8. The Morgan fingerprint density at radius 3 is 1.55 bits per heavy atom. The van der Waals surface area contributed by atoms with E-state index >= 15 is 0 Å². The number of hydrogen-bond donors (Lipinski definition) is 0. The molecule has 0 radical (unpaired) electrons. The highest BCUT2D eigenvalue weighted by Crippen LogP contribution is 2.38. The summed E-state index contributed by atoms with van der Waals surface area (Å²) < 4.78 is 154. The summed E-state index contributed by atoms with van der Waals surface area (Å²) in [6.07, 6.45) is 0. The van der Waals surface area contributed by atoms with E-state index in [9.17, 15) is 8.22 Å². The van der Waals surface area contributed by atoms with Crippen LogP contribution in [0.4, 0.5) is 0 Å². The first kappa shape index (κ1) is 13.2. The molecule has 9 rings (SSSR count). The number of aromatic nitrogens is 2. The number of para-hydroxylation sites is 3. The van der Waals surface area contributed by atoms with E-state index in [4.69, 9.17) is 15.1 Å². The van der Waals surface area contributed by atoms with Gasteiger partial charge in [-0.3, -0.25) is 0 Å². The molecule has 0 N–H and O–H groups in total. The van der Waals surface area contributed by atoms with Crippen molar-refractivity contribution < 1.29 is 23.3 Å². The Morgan fingerprint density at radius 1 is 0.341 bits per heavy atom. The number of nitrogens with zero attached hydrogens (tertiary/aromatic N) is 2. The predicted octanol–water partition coefficient (Wildman–Crippen LogP) is 11.2. The Balaban J connectivity index is 1.42. The molecule has 0 saturated heterocycles. The lowest BCUT2D eigenvalue weighted by Gasteiger charge is -2.10. The van der Waals surface area contributed by atoms with Crippen molar-refractivity contribution in [2.45, 2.75) is 0 Å². The summed E-state index contributed by atoms with van der Waals surface area (Å²) in [4.78, 5) is 0. The van der Waals surface area contributed by atoms with E-state index in [0.29, 0.717) is 11.1 Å². The molecule has 0 aliphatic carbocycles. The molecule has 0 bridgehead atoms. The summed E-state index contributed by atoms with van der Waals surface area (Å²) in [6, 6.07) is 9.01. The average Bonchev–Trinajstić information content (AvgIpc) is 3.70. The van der Waals surface area contributed by atoms with Gasteiger partial charge in [-0.15, -0.1) is 0 Å². The highest BCUT2D eigenvalue weighted by Gasteiger charge is 2.16. The molecule has 0 aliphatic heterocycles. The summed E-state index contributed by atoms with van der Waals surface area (Å²) in [5.74, 6) is 0. The Kier molecular flexibility index (Phi) is 2.96. The summed E-state index contributed by atoms with van der Waals surface area (Å²) in [5.41, 5.74) is -0.552. The van der Waals surface area contributed by atoms with E-state index in [1.165, 1.54) is 51.6 Å². The second-order valence-electron chi connectivity index (χ2n) is 10.0. The van der Waals surface area contributed by atoms with E-state index in [2.05, 4.69) is 0 Å². The Morgan fingerprint density at radius 2 is 0.864 bits per heavy atom. The topological polar surface area (TPSA) is 9.86 Å². The SMILES string of the molecule is [2H]c1ccc(-c2cc([2H])c(-n3c4c([2H])c([2H])c([2H])cc4c4c([2H])c(-c5c([2H])c([2H])c6c(c5[2H])c5cc([2H])cc([2H])c5n6-c5c([2H])cc([2H])cc5[2H])c([2H])c([2H])c43)c([2H])c2)cc1. The zero-order valence-corrected chi connectivity index (χ0v) is 22.7. The molecule has 0 unspecified atom stereocenters. The molecule has 0 fully saturated rings. The molecule has 2 nitrogen and oxygen atoms in total. The third-order valence-electron chi connectivity index (χ3n) is 7.58. The third-order valence-corrected chi connectivity index (χ3v) is 7.58. The number of fused-ring (bicyclic) bond motifs is 6. The number of hydrogen-bond acceptors (Lipinski definition) is 0. The van der Waals surface area contributed by atoms with Gasteiger partial charge in [0.25, 0.3) is 0 Å². The molecule has 9 aromatic rings. The summed E-state index contributed by atoms with van der Waals surface area (Å²) >= 11 is 0. The van der Waals surface area contributed by atoms with Crippen molar-refractivity contribution in [3.63, 3.8) is 0 Å². The van der Waals surface area contributed by atoms with Crippen LogP contribution in [0.15, 0.2) is 169 Å². The maximum atomic E-state index is 9.70. The molecule has 44 heavy (non-hydrogen) atoms. The first-order valence-electron chi connectivity index (χ1n) is 22.2. The van der Waals surface area contributed by atoms with Crippen molar-refractivity contribution in [3.05, 3.63) is 169 Å². The summed E-state index contributed by atoms with van der Waals surface area (Å²) in [7, 11) is 0. The smallest absolute Gasteiger partial charge is 0.0645 e. The molecule has 206 valence electrons. The molecular weight excluding hydrogens is 532 g/mol. The van der Waals surface area contributed by atoms with Gasteiger partial charge in [0, 0.05) is 32.9 Å². The minimum atomic E-state index is -0.685. The molecule has 0 spiro atoms. The predicted molar refractivity (Wildman–Crippen MR) is 186 cm³/mol. The first-order chi connectivity index (χ1) is 28.8. The maximum Gasteiger partial charge on any atom is 0.0645 e. The minimum absolute atomic E-state index is 0.00186. The van der Waals surface area contributed by atoms with Crippen molar-refractivity contribution >= 4 is 43.6 Å². The van der Waals surface area contributed by atoms with Gasteiger partial charge in [-0.25, -0.2) is 0 Å². The van der Waals surface area contributed by atoms with Gasteiger partial charge in [-0.05, 0) is 82.7 Å². The quantitative estimate of drug-likeness (QED) is 0.197. The minimum Gasteiger partial charge on any atom is -0.309 e. The van der Waals surface area contributed by atoms with Crippen LogP contribution in [0.25, 0.3) is 77.2 Å². The van der Waals surface area contributed by atoms with Gasteiger partial charge in [-0.2, -0.15) is 0 Å². The summed E-state index contributed by atoms with van der Waals surface area (Å²) in [6.45, 7) is 0. The highest BCUT2D eigenvalue weighted by atomic mass is 15.0. The van der Waals surface area contributed by atoms with Gasteiger partial charge >= 0.3 is 0 Å². The molecule has 0 amide bonds. The standard InChI is InChI=1S/C42H28N2/c1-3-11-29(12-4-1)30-19-23-34(24-20-30)44-40-18-10-8-16-36(40)38-28-32(22-26-42(38)44)31-21-25-41-37(27-31)35-15-7-9-17-39(35)43(41)33-13-5-2-6-14-33/h1-28H/i1D,2D,7D,8D,10D,13D,14D,17D,18D,21D,22D,23D,24D,25D,26D,27D,28D. The number of benzene rings is 7. The first-order valence-corrected chi connectivity index (χ1v) is 13.7. The molecule has 7 aromatic carbocycles. The van der Waals surface area contributed by atoms with Gasteiger partial charge in [0.2, 0.25) is 0 Å². The monoisotopic (exact) mass is 577 g/mol. The van der Waals surface area contributed by atoms with Crippen LogP contribution in [0.3, 0.4) is 0 Å². The van der Waals surface area contributed by atoms with E-state index in [1.807, 2.05) is 0 Å². The van der Waals surface area contributed by atoms with Gasteiger partial charge in [0.15, 0.2) is 0 Å². The fourth-order valence-corrected chi connectivity index (χ4v) is 5.59. The van der Waals surface area contributed by atoms with Crippen molar-refractivity contribution in [2.75, 3.05) is 0 Å². The molecule has 0 saturated carbocycles. The number of rotatable bonds is 4. The van der Waals surface area contributed by atoms with Gasteiger partial charge in [0.1, 0.15) is 0 Å². The lowest BCUT2D eigenvalue weighted by Crippen LogP contribution is -1.93. The Labute approximate surface area is 279 Å². The van der Waals surface area contributed by atoms with Gasteiger partial charge in [-0.1, -0.05) is 109 Å². The van der Waals surface area contributed by atoms with Gasteiger partial charge < -0.3 is 9.13 Å². The van der Waals surface area contributed by atoms with Crippen molar-refractivity contribution in [2.24, 2.45) is 0 Å². The zero-order valence-electron chi connectivity index (χ0n) is 39.7. The average molecular weight is 578 g/mol. The van der Waals surface area contributed by atoms with Crippen molar-refractivity contribution in [1.82, 2.24) is 9.13 Å². The molecular formula is C42H28N2. The summed E-state index contributed by atoms with van der Waals surface area (Å²) in [5, 5.41) is -0.150. The fraction of sp³-hybridized carbons (Fsp3) is 0. The van der Waals surface area contributed by atoms with Gasteiger partial charge in [0.05, 0.1) is 45.4 Å². The molecule has 0 atom stereocenters. The highest BCUT2D eigenvalue weighted by molar-refractivity contribution is 6.12. The van der Waals surface area contributed by atoms with E-state index in [1.54, 1.807) is 24.3 Å². The fourth-order valence-electron chi connectivity index (χ4n) is 5.59. The normalized spacial score (nSPS) is 17.0. The van der Waals surface area contributed by atoms with E-state index in [0.717, 1.165) is 0 Å². The maximum absolute atomic E-state index is 9.70. The Bertz CT molecular complexity index is 3400. The van der Waals surface area contributed by atoms with Crippen LogP contribution in [0, 0.1) is 0 Å². The van der Waals surface area contributed by atoms with E-state index in [-0.39, 0.29) is 103 Å². The Hall–Kier alpha value is -5.86. The van der Waals surface area contributed by atoms with Crippen LogP contribution in [0.1, 0.15) is 23.3 Å². The lowest BCUT2D eigenvalue weighted by atomic mass is 10.0. The second kappa shape index (κ2) is 9.86. The molecule has 2 heteroatoms. The van der Waals surface area contributed by atoms with Crippen LogP contribution in [-0.2, 0) is 0 Å². The van der Waals surface area contributed by atoms with E-state index < -0.39 is 65.5 Å². The van der Waals surface area contributed by atoms with Crippen LogP contribution < -0.4 is 0 Å². The third kappa shape index (κ3) is 3.82. The molecule has 0 aliphatic rings. The van der Waals surface area contributed by atoms with Crippen molar-refractivity contribution in [1.29, 1.82) is 0 Å². The van der Waals surface area contributed by atoms with Crippen LogP contribution in [0.2, 0.25) is 0 Å². The lowest BCUT2D eigenvalue weighted by molar-refractivity contribution is 1.18. The largest absolute Gasteiger partial charge is 0.309 e. The van der Waals surface area contributed by atoms with Crippen LogP contribution >= 0.6 is 0 Å². The van der Waals surface area contributed by atoms with Crippen molar-refractivity contribution in [3.8, 4) is 33.6 Å². The van der Waals surface area contributed by atoms with Crippen LogP contribution in [0.5, 0.6) is 0 Å².